The molecule has 2 nitrogen and oxygen atoms in total. The van der Waals surface area contributed by atoms with Crippen LogP contribution < -0.4 is 5.73 Å². The second-order valence-corrected chi connectivity index (χ2v) is 5.60. The van der Waals surface area contributed by atoms with Gasteiger partial charge in [0, 0.05) is 5.92 Å². The Morgan fingerprint density at radius 3 is 1.71 bits per heavy atom. The van der Waals surface area contributed by atoms with Crippen LogP contribution in [0.5, 0.6) is 0 Å². The van der Waals surface area contributed by atoms with Crippen molar-refractivity contribution in [3.8, 4) is 11.1 Å². The molecule has 1 fully saturated rings. The third-order valence-corrected chi connectivity index (χ3v) is 4.09. The first-order valence-corrected chi connectivity index (χ1v) is 7.19. The quantitative estimate of drug-likeness (QED) is 0.796. The van der Waals surface area contributed by atoms with Crippen LogP contribution in [0.2, 0.25) is 0 Å². The fourth-order valence-electron chi connectivity index (χ4n) is 2.50. The van der Waals surface area contributed by atoms with E-state index in [1.54, 1.807) is 0 Å². The number of carbonyl (C=O) groups is 1. The van der Waals surface area contributed by atoms with Crippen molar-refractivity contribution in [2.75, 3.05) is 0 Å². The summed E-state index contributed by atoms with van der Waals surface area (Å²) in [6, 6.07) is 16.8. The summed E-state index contributed by atoms with van der Waals surface area (Å²) in [5.74, 6) is 0.228. The largest absolute Gasteiger partial charge is 0.320 e. The summed E-state index contributed by atoms with van der Waals surface area (Å²) in [5.41, 5.74) is 11.2. The third-order valence-electron chi connectivity index (χ3n) is 3.78. The highest BCUT2D eigenvalue weighted by Crippen LogP contribution is 2.41. The molecular formula is C17H17Cl2NO. The summed E-state index contributed by atoms with van der Waals surface area (Å²) >= 11 is 5.04. The van der Waals surface area contributed by atoms with E-state index in [1.807, 2.05) is 12.1 Å². The molecule has 0 amide bonds. The molecule has 0 aromatic heterocycles. The standard InChI is InChI=1S/C13H11N.C4H5ClO.ClH/c14-13-11-7-3-1-5-9(11)10-6-2-4-8-12(10)13;5-4(6)3-1-2-3;/h1-8,13H,14H2;3H,1-2H2;1H. The first kappa shape index (κ1) is 16.0. The summed E-state index contributed by atoms with van der Waals surface area (Å²) in [5, 5.41) is -0.157. The van der Waals surface area contributed by atoms with Gasteiger partial charge in [0.25, 0.3) is 0 Å². The van der Waals surface area contributed by atoms with Crippen molar-refractivity contribution < 1.29 is 4.79 Å². The van der Waals surface area contributed by atoms with Crippen LogP contribution in [0.1, 0.15) is 30.0 Å². The summed E-state index contributed by atoms with van der Waals surface area (Å²) in [4.78, 5) is 9.97. The van der Waals surface area contributed by atoms with E-state index in [-0.39, 0.29) is 29.6 Å². The normalized spacial score (nSPS) is 15.1. The second kappa shape index (κ2) is 6.61. The zero-order chi connectivity index (χ0) is 14.1. The molecule has 110 valence electrons. The molecule has 4 rings (SSSR count). The van der Waals surface area contributed by atoms with Crippen molar-refractivity contribution in [1.82, 2.24) is 0 Å². The Hall–Kier alpha value is -1.35. The van der Waals surface area contributed by atoms with Crippen LogP contribution >= 0.6 is 24.0 Å². The van der Waals surface area contributed by atoms with Crippen LogP contribution in [-0.4, -0.2) is 5.24 Å². The molecule has 2 aliphatic rings. The van der Waals surface area contributed by atoms with E-state index in [2.05, 4.69) is 36.4 Å². The van der Waals surface area contributed by atoms with Gasteiger partial charge in [-0.15, -0.1) is 12.4 Å². The minimum atomic E-state index is -0.157. The molecule has 0 bridgehead atoms. The maximum absolute atomic E-state index is 9.97. The Morgan fingerprint density at radius 2 is 1.38 bits per heavy atom. The molecule has 0 atom stereocenters. The molecular weight excluding hydrogens is 305 g/mol. The van der Waals surface area contributed by atoms with E-state index in [0.717, 1.165) is 12.8 Å². The molecule has 0 saturated heterocycles. The molecule has 0 spiro atoms. The van der Waals surface area contributed by atoms with Crippen molar-refractivity contribution in [3.05, 3.63) is 59.7 Å². The molecule has 4 heteroatoms. The van der Waals surface area contributed by atoms with Crippen LogP contribution in [0.15, 0.2) is 48.5 Å². The minimum Gasteiger partial charge on any atom is -0.320 e. The average Bonchev–Trinajstić information content (AvgIpc) is 3.29. The van der Waals surface area contributed by atoms with Gasteiger partial charge in [-0.3, -0.25) is 4.79 Å². The highest BCUT2D eigenvalue weighted by molar-refractivity contribution is 6.64. The number of nitrogens with two attached hydrogens (primary N) is 1. The predicted molar refractivity (Wildman–Crippen MR) is 88.7 cm³/mol. The van der Waals surface area contributed by atoms with E-state index >= 15 is 0 Å². The van der Waals surface area contributed by atoms with Gasteiger partial charge in [-0.05, 0) is 46.7 Å². The van der Waals surface area contributed by atoms with Crippen LogP contribution in [0, 0.1) is 5.92 Å². The summed E-state index contributed by atoms with van der Waals surface area (Å²) in [7, 11) is 0. The number of benzene rings is 2. The fourth-order valence-corrected chi connectivity index (χ4v) is 2.72. The molecule has 2 N–H and O–H groups in total. The lowest BCUT2D eigenvalue weighted by atomic mass is 10.1. The average molecular weight is 322 g/mol. The van der Waals surface area contributed by atoms with Gasteiger partial charge in [-0.1, -0.05) is 48.5 Å². The van der Waals surface area contributed by atoms with Gasteiger partial charge in [0.2, 0.25) is 5.24 Å². The van der Waals surface area contributed by atoms with Crippen molar-refractivity contribution in [2.45, 2.75) is 18.9 Å². The topological polar surface area (TPSA) is 43.1 Å². The van der Waals surface area contributed by atoms with E-state index in [1.165, 1.54) is 22.3 Å². The predicted octanol–water partition coefficient (Wildman–Crippen LogP) is 4.30. The van der Waals surface area contributed by atoms with Crippen LogP contribution in [0.25, 0.3) is 11.1 Å². The molecule has 2 aliphatic carbocycles. The Balaban J connectivity index is 0.000000197. The summed E-state index contributed by atoms with van der Waals surface area (Å²) in [6.45, 7) is 0. The zero-order valence-electron chi connectivity index (χ0n) is 11.5. The van der Waals surface area contributed by atoms with E-state index in [4.69, 9.17) is 17.3 Å². The third kappa shape index (κ3) is 3.29. The molecule has 0 radical (unpaired) electrons. The first-order valence-electron chi connectivity index (χ1n) is 6.81. The lowest BCUT2D eigenvalue weighted by molar-refractivity contribution is -0.112. The molecule has 21 heavy (non-hydrogen) atoms. The minimum absolute atomic E-state index is 0. The zero-order valence-corrected chi connectivity index (χ0v) is 13.0. The molecule has 0 heterocycles. The second-order valence-electron chi connectivity index (χ2n) is 5.23. The van der Waals surface area contributed by atoms with Gasteiger partial charge in [-0.25, -0.2) is 0 Å². The Kier molecular flexibility index (Phi) is 5.04. The van der Waals surface area contributed by atoms with Gasteiger partial charge in [0.1, 0.15) is 0 Å². The Labute approximate surface area is 135 Å². The number of hydrogen-bond acceptors (Lipinski definition) is 2. The van der Waals surface area contributed by atoms with Crippen LogP contribution in [0.3, 0.4) is 0 Å². The first-order chi connectivity index (χ1) is 9.68. The smallest absolute Gasteiger partial charge is 0.224 e. The van der Waals surface area contributed by atoms with E-state index in [9.17, 15) is 4.79 Å². The van der Waals surface area contributed by atoms with Gasteiger partial charge < -0.3 is 5.73 Å². The fraction of sp³-hybridized carbons (Fsp3) is 0.235. The van der Waals surface area contributed by atoms with Crippen LogP contribution in [-0.2, 0) is 4.79 Å². The van der Waals surface area contributed by atoms with Crippen molar-refractivity contribution in [3.63, 3.8) is 0 Å². The molecule has 0 aliphatic heterocycles. The van der Waals surface area contributed by atoms with E-state index < -0.39 is 0 Å². The number of halogens is 2. The number of rotatable bonds is 1. The van der Waals surface area contributed by atoms with Gasteiger partial charge >= 0.3 is 0 Å². The molecule has 2 aromatic rings. The monoisotopic (exact) mass is 321 g/mol. The molecule has 0 unspecified atom stereocenters. The molecule has 1 saturated carbocycles. The van der Waals surface area contributed by atoms with Gasteiger partial charge in [0.05, 0.1) is 6.04 Å². The van der Waals surface area contributed by atoms with Crippen molar-refractivity contribution in [2.24, 2.45) is 11.7 Å². The Bertz CT molecular complexity index is 607. The maximum atomic E-state index is 9.97. The lowest BCUT2D eigenvalue weighted by Gasteiger charge is -2.04. The van der Waals surface area contributed by atoms with Crippen molar-refractivity contribution in [1.29, 1.82) is 0 Å². The lowest BCUT2D eigenvalue weighted by Crippen LogP contribution is -2.07. The van der Waals surface area contributed by atoms with E-state index in [0.29, 0.717) is 0 Å². The summed E-state index contributed by atoms with van der Waals surface area (Å²) in [6.07, 6.45) is 2.03. The Morgan fingerprint density at radius 1 is 0.952 bits per heavy atom. The van der Waals surface area contributed by atoms with Crippen LogP contribution in [0.4, 0.5) is 0 Å². The van der Waals surface area contributed by atoms with Gasteiger partial charge in [-0.2, -0.15) is 0 Å². The SMILES string of the molecule is Cl.NC1c2ccccc2-c2ccccc21.O=C(Cl)C1CC1. The van der Waals surface area contributed by atoms with Gasteiger partial charge in [0.15, 0.2) is 0 Å². The highest BCUT2D eigenvalue weighted by atomic mass is 35.5. The van der Waals surface area contributed by atoms with Crippen molar-refractivity contribution >= 4 is 29.3 Å². The number of carbonyl (C=O) groups excluding carboxylic acids is 1. The maximum Gasteiger partial charge on any atom is 0.224 e. The molecule has 2 aromatic carbocycles. The number of fused-ring (bicyclic) bond motifs is 3. The highest BCUT2D eigenvalue weighted by Gasteiger charge is 2.27. The number of hydrogen-bond donors (Lipinski definition) is 1. The summed E-state index contributed by atoms with van der Waals surface area (Å²) < 4.78 is 0.